The molecule has 0 radical (unpaired) electrons. The largest absolute Gasteiger partial charge is 0.484 e. The molecule has 0 spiro atoms. The summed E-state index contributed by atoms with van der Waals surface area (Å²) in [5.74, 6) is -1.88. The van der Waals surface area contributed by atoms with E-state index < -0.39 is 17.7 Å². The summed E-state index contributed by atoms with van der Waals surface area (Å²) in [6, 6.07) is 12.0. The predicted molar refractivity (Wildman–Crippen MR) is 101 cm³/mol. The van der Waals surface area contributed by atoms with Crippen LogP contribution in [0.5, 0.6) is 5.75 Å². The van der Waals surface area contributed by atoms with Crippen LogP contribution in [0.15, 0.2) is 47.6 Å². The van der Waals surface area contributed by atoms with Gasteiger partial charge in [0.1, 0.15) is 5.75 Å². The van der Waals surface area contributed by atoms with Crippen LogP contribution >= 0.6 is 0 Å². The van der Waals surface area contributed by atoms with Crippen LogP contribution in [0.25, 0.3) is 0 Å². The smallest absolute Gasteiger partial charge is 0.329 e. The second kappa shape index (κ2) is 9.14. The van der Waals surface area contributed by atoms with Gasteiger partial charge >= 0.3 is 11.8 Å². The molecule has 8 heteroatoms. The summed E-state index contributed by atoms with van der Waals surface area (Å²) in [6.45, 7) is 3.63. The minimum absolute atomic E-state index is 0.240. The van der Waals surface area contributed by atoms with Crippen molar-refractivity contribution < 1.29 is 19.1 Å². The molecule has 140 valence electrons. The number of aryl methyl sites for hydroxylation is 2. The van der Waals surface area contributed by atoms with Crippen LogP contribution in [0.4, 0.5) is 5.69 Å². The van der Waals surface area contributed by atoms with Crippen LogP contribution in [0.3, 0.4) is 0 Å². The van der Waals surface area contributed by atoms with Gasteiger partial charge in [-0.15, -0.1) is 0 Å². The Labute approximate surface area is 156 Å². The number of nitrogens with zero attached hydrogens (tertiary/aromatic N) is 1. The van der Waals surface area contributed by atoms with Crippen LogP contribution in [0.1, 0.15) is 16.7 Å². The number of carbonyl (C=O) groups excluding carboxylic acids is 3. The fourth-order valence-electron chi connectivity index (χ4n) is 2.06. The Bertz CT molecular complexity index is 893. The van der Waals surface area contributed by atoms with E-state index in [1.54, 1.807) is 36.4 Å². The van der Waals surface area contributed by atoms with Gasteiger partial charge in [-0.3, -0.25) is 14.4 Å². The number of amides is 3. The van der Waals surface area contributed by atoms with E-state index in [0.717, 1.165) is 11.1 Å². The zero-order chi connectivity index (χ0) is 19.8. The molecule has 3 amide bonds. The summed E-state index contributed by atoms with van der Waals surface area (Å²) in [5.41, 5.74) is 10.4. The first-order chi connectivity index (χ1) is 12.8. The van der Waals surface area contributed by atoms with Gasteiger partial charge in [0.2, 0.25) is 0 Å². The number of anilines is 1. The highest BCUT2D eigenvalue weighted by atomic mass is 16.5. The van der Waals surface area contributed by atoms with E-state index in [4.69, 9.17) is 10.5 Å². The molecule has 0 heterocycles. The van der Waals surface area contributed by atoms with Crippen molar-refractivity contribution in [2.24, 2.45) is 10.8 Å². The van der Waals surface area contributed by atoms with Gasteiger partial charge in [-0.05, 0) is 54.8 Å². The van der Waals surface area contributed by atoms with E-state index in [2.05, 4.69) is 15.8 Å². The highest BCUT2D eigenvalue weighted by molar-refractivity contribution is 6.39. The van der Waals surface area contributed by atoms with Gasteiger partial charge in [0, 0.05) is 5.69 Å². The number of primary amides is 1. The lowest BCUT2D eigenvalue weighted by molar-refractivity contribution is -0.136. The van der Waals surface area contributed by atoms with Gasteiger partial charge in [-0.1, -0.05) is 18.2 Å². The monoisotopic (exact) mass is 368 g/mol. The molecule has 0 saturated carbocycles. The van der Waals surface area contributed by atoms with Gasteiger partial charge in [-0.2, -0.15) is 5.10 Å². The molecule has 0 aromatic heterocycles. The number of rotatable bonds is 6. The van der Waals surface area contributed by atoms with Gasteiger partial charge in [0.05, 0.1) is 6.21 Å². The minimum atomic E-state index is -0.898. The average Bonchev–Trinajstić information content (AvgIpc) is 2.63. The molecule has 0 bridgehead atoms. The topological polar surface area (TPSA) is 123 Å². The number of hydrazone groups is 1. The molecule has 2 aromatic rings. The number of nitrogens with one attached hydrogen (secondary N) is 2. The van der Waals surface area contributed by atoms with Crippen molar-refractivity contribution in [1.29, 1.82) is 0 Å². The predicted octanol–water partition coefficient (Wildman–Crippen LogP) is 1.26. The lowest BCUT2D eigenvalue weighted by Crippen LogP contribution is -2.32. The van der Waals surface area contributed by atoms with E-state index in [1.807, 2.05) is 19.9 Å². The maximum atomic E-state index is 11.9. The van der Waals surface area contributed by atoms with Crippen LogP contribution in [-0.4, -0.2) is 30.5 Å². The lowest BCUT2D eigenvalue weighted by Gasteiger charge is -2.06. The first kappa shape index (κ1) is 19.6. The molecule has 0 aliphatic heterocycles. The highest BCUT2D eigenvalue weighted by Gasteiger charge is 2.13. The van der Waals surface area contributed by atoms with E-state index in [0.29, 0.717) is 17.0 Å². The highest BCUT2D eigenvalue weighted by Crippen LogP contribution is 2.14. The van der Waals surface area contributed by atoms with Crippen LogP contribution in [0, 0.1) is 13.8 Å². The minimum Gasteiger partial charge on any atom is -0.484 e. The number of hydrogen-bond donors (Lipinski definition) is 3. The van der Waals surface area contributed by atoms with Crippen molar-refractivity contribution in [2.75, 3.05) is 11.9 Å². The van der Waals surface area contributed by atoms with Crippen LogP contribution in [0.2, 0.25) is 0 Å². The zero-order valence-corrected chi connectivity index (χ0v) is 15.0. The third kappa shape index (κ3) is 6.28. The molecular weight excluding hydrogens is 348 g/mol. The van der Waals surface area contributed by atoms with Gasteiger partial charge in [0.15, 0.2) is 6.61 Å². The quantitative estimate of drug-likeness (QED) is 0.403. The molecule has 0 saturated heterocycles. The second-order valence-corrected chi connectivity index (χ2v) is 5.78. The fourth-order valence-corrected chi connectivity index (χ4v) is 2.06. The second-order valence-electron chi connectivity index (χ2n) is 5.78. The molecule has 0 aliphatic carbocycles. The van der Waals surface area contributed by atoms with Crippen LogP contribution in [-0.2, 0) is 14.4 Å². The van der Waals surface area contributed by atoms with Crippen molar-refractivity contribution in [3.63, 3.8) is 0 Å². The third-order valence-corrected chi connectivity index (χ3v) is 3.59. The number of benzene rings is 2. The van der Waals surface area contributed by atoms with Gasteiger partial charge in [0.25, 0.3) is 5.91 Å². The summed E-state index contributed by atoms with van der Waals surface area (Å²) in [4.78, 5) is 34.4. The number of ether oxygens (including phenoxy) is 1. The Morgan fingerprint density at radius 3 is 2.56 bits per heavy atom. The number of hydrogen-bond acceptors (Lipinski definition) is 5. The number of carbonyl (C=O) groups is 3. The Morgan fingerprint density at radius 2 is 1.85 bits per heavy atom. The molecule has 27 heavy (non-hydrogen) atoms. The maximum Gasteiger partial charge on any atom is 0.329 e. The Hall–Kier alpha value is -3.68. The molecule has 0 fully saturated rings. The standard InChI is InChI=1S/C19H20N4O4/c1-12-6-7-15(8-13(12)2)22-18(25)19(26)23-21-10-14-4-3-5-16(9-14)27-11-17(20)24/h3-10H,11H2,1-2H3,(H2,20,24)(H,22,25)(H,23,26)/b21-10-. The third-order valence-electron chi connectivity index (χ3n) is 3.59. The first-order valence-electron chi connectivity index (χ1n) is 8.08. The molecule has 2 rings (SSSR count). The molecule has 2 aromatic carbocycles. The molecule has 0 aliphatic rings. The summed E-state index contributed by atoms with van der Waals surface area (Å²) in [6.07, 6.45) is 1.35. The van der Waals surface area contributed by atoms with Crippen molar-refractivity contribution in [1.82, 2.24) is 5.43 Å². The van der Waals surface area contributed by atoms with Gasteiger partial charge < -0.3 is 15.8 Å². The van der Waals surface area contributed by atoms with E-state index in [-0.39, 0.29) is 6.61 Å². The van der Waals surface area contributed by atoms with Crippen molar-refractivity contribution in [2.45, 2.75) is 13.8 Å². The lowest BCUT2D eigenvalue weighted by atomic mass is 10.1. The molecule has 0 unspecified atom stereocenters. The Kier molecular flexibility index (Phi) is 6.65. The summed E-state index contributed by atoms with van der Waals surface area (Å²) < 4.78 is 5.17. The fraction of sp³-hybridized carbons (Fsp3) is 0.158. The molecule has 4 N–H and O–H groups in total. The Morgan fingerprint density at radius 1 is 1.07 bits per heavy atom. The van der Waals surface area contributed by atoms with Crippen molar-refractivity contribution in [3.05, 3.63) is 59.2 Å². The van der Waals surface area contributed by atoms with Crippen molar-refractivity contribution >= 4 is 29.6 Å². The zero-order valence-electron chi connectivity index (χ0n) is 15.0. The number of nitrogens with two attached hydrogens (primary N) is 1. The summed E-state index contributed by atoms with van der Waals surface area (Å²) in [7, 11) is 0. The average molecular weight is 368 g/mol. The van der Waals surface area contributed by atoms with E-state index >= 15 is 0 Å². The Balaban J connectivity index is 1.90. The first-order valence-corrected chi connectivity index (χ1v) is 8.08. The molecule has 8 nitrogen and oxygen atoms in total. The SMILES string of the molecule is Cc1ccc(NC(=O)C(=O)N/N=C\c2cccc(OCC(N)=O)c2)cc1C. The van der Waals surface area contributed by atoms with Crippen molar-refractivity contribution in [3.8, 4) is 5.75 Å². The van der Waals surface area contributed by atoms with Crippen LogP contribution < -0.4 is 21.2 Å². The molecular formula is C19H20N4O4. The van der Waals surface area contributed by atoms with E-state index in [1.165, 1.54) is 6.21 Å². The maximum absolute atomic E-state index is 11.9. The molecule has 0 atom stereocenters. The normalized spacial score (nSPS) is 10.4. The summed E-state index contributed by atoms with van der Waals surface area (Å²) >= 11 is 0. The summed E-state index contributed by atoms with van der Waals surface area (Å²) in [5, 5.41) is 6.25. The van der Waals surface area contributed by atoms with E-state index in [9.17, 15) is 14.4 Å². The van der Waals surface area contributed by atoms with Gasteiger partial charge in [-0.25, -0.2) is 5.43 Å².